The van der Waals surface area contributed by atoms with Crippen molar-refractivity contribution in [1.82, 2.24) is 10.2 Å². The number of likely N-dealkylation sites (tertiary alicyclic amines) is 1. The number of nitrogens with zero attached hydrogens (tertiary/aromatic N) is 2. The first-order valence-electron chi connectivity index (χ1n) is 10.3. The van der Waals surface area contributed by atoms with Crippen molar-refractivity contribution >= 4 is 41.5 Å². The van der Waals surface area contributed by atoms with E-state index in [2.05, 4.69) is 22.5 Å². The Morgan fingerprint density at radius 1 is 1.38 bits per heavy atom. The van der Waals surface area contributed by atoms with Crippen LogP contribution in [0.4, 0.5) is 5.69 Å². The molecule has 2 N–H and O–H groups in total. The molecular formula is C21H31IN4O3. The predicted molar refractivity (Wildman–Crippen MR) is 124 cm³/mol. The van der Waals surface area contributed by atoms with E-state index < -0.39 is 0 Å². The van der Waals surface area contributed by atoms with Crippen LogP contribution in [0.3, 0.4) is 0 Å². The Bertz CT molecular complexity index is 749. The van der Waals surface area contributed by atoms with Gasteiger partial charge in [0.15, 0.2) is 5.96 Å². The molecule has 3 aliphatic heterocycles. The minimum absolute atomic E-state index is 0. The van der Waals surface area contributed by atoms with Crippen molar-refractivity contribution in [2.24, 2.45) is 10.4 Å². The maximum absolute atomic E-state index is 11.5. The Morgan fingerprint density at radius 2 is 2.28 bits per heavy atom. The van der Waals surface area contributed by atoms with Gasteiger partial charge >= 0.3 is 0 Å². The molecule has 7 nitrogen and oxygen atoms in total. The monoisotopic (exact) mass is 514 g/mol. The zero-order chi connectivity index (χ0) is 19.4. The summed E-state index contributed by atoms with van der Waals surface area (Å²) in [5.74, 6) is 1.89. The van der Waals surface area contributed by atoms with E-state index in [1.54, 1.807) is 0 Å². The highest BCUT2D eigenvalue weighted by atomic mass is 127. The molecule has 8 heteroatoms. The third-order valence-electron chi connectivity index (χ3n) is 5.85. The molecule has 1 amide bonds. The van der Waals surface area contributed by atoms with Crippen LogP contribution in [0.15, 0.2) is 23.2 Å². The second-order valence-electron chi connectivity index (χ2n) is 7.93. The Hall–Kier alpha value is -1.55. The summed E-state index contributed by atoms with van der Waals surface area (Å²) < 4.78 is 11.5. The molecule has 1 unspecified atom stereocenters. The van der Waals surface area contributed by atoms with Crippen molar-refractivity contribution in [3.63, 3.8) is 0 Å². The fraction of sp³-hybridized carbons (Fsp3) is 0.619. The summed E-state index contributed by atoms with van der Waals surface area (Å²) >= 11 is 0. The lowest BCUT2D eigenvalue weighted by molar-refractivity contribution is -0.116. The second-order valence-corrected chi connectivity index (χ2v) is 7.93. The van der Waals surface area contributed by atoms with Gasteiger partial charge in [-0.1, -0.05) is 0 Å². The fourth-order valence-corrected chi connectivity index (χ4v) is 4.28. The molecule has 2 fully saturated rings. The molecule has 4 rings (SSSR count). The number of halogens is 1. The summed E-state index contributed by atoms with van der Waals surface area (Å²) in [5, 5.41) is 6.31. The molecule has 160 valence electrons. The van der Waals surface area contributed by atoms with Gasteiger partial charge in [-0.2, -0.15) is 0 Å². The fourth-order valence-electron chi connectivity index (χ4n) is 4.28. The molecule has 1 aromatic rings. The molecule has 0 bridgehead atoms. The van der Waals surface area contributed by atoms with Gasteiger partial charge in [0.05, 0.1) is 13.2 Å². The number of carbonyl (C=O) groups is 1. The average molecular weight is 514 g/mol. The van der Waals surface area contributed by atoms with Crippen molar-refractivity contribution in [1.29, 1.82) is 0 Å². The van der Waals surface area contributed by atoms with Crippen LogP contribution in [0, 0.1) is 5.41 Å². The van der Waals surface area contributed by atoms with Gasteiger partial charge in [-0.25, -0.2) is 4.99 Å². The van der Waals surface area contributed by atoms with Crippen LogP contribution in [-0.4, -0.2) is 62.8 Å². The molecule has 2 saturated heterocycles. The minimum atomic E-state index is 0. The lowest BCUT2D eigenvalue weighted by Crippen LogP contribution is -2.41. The predicted octanol–water partition coefficient (Wildman–Crippen LogP) is 2.65. The van der Waals surface area contributed by atoms with Crippen LogP contribution in [-0.2, 0) is 16.0 Å². The Balaban J connectivity index is 0.00000240. The minimum Gasteiger partial charge on any atom is -0.492 e. The van der Waals surface area contributed by atoms with E-state index in [0.717, 1.165) is 68.6 Å². The highest BCUT2D eigenvalue weighted by molar-refractivity contribution is 14.0. The van der Waals surface area contributed by atoms with E-state index in [9.17, 15) is 4.79 Å². The number of nitrogens with one attached hydrogen (secondary N) is 2. The van der Waals surface area contributed by atoms with E-state index in [0.29, 0.717) is 25.0 Å². The van der Waals surface area contributed by atoms with Gasteiger partial charge in [-0.3, -0.25) is 4.79 Å². The molecule has 0 aromatic heterocycles. The summed E-state index contributed by atoms with van der Waals surface area (Å²) in [5.41, 5.74) is 2.36. The number of hydrogen-bond donors (Lipinski definition) is 2. The third kappa shape index (κ3) is 5.33. The lowest BCUT2D eigenvalue weighted by atomic mass is 9.87. The highest BCUT2D eigenvalue weighted by Gasteiger charge is 2.42. The largest absolute Gasteiger partial charge is 0.492 e. The molecule has 1 atom stereocenters. The van der Waals surface area contributed by atoms with E-state index in [1.165, 1.54) is 6.42 Å². The molecular weight excluding hydrogens is 483 g/mol. The quantitative estimate of drug-likeness (QED) is 0.274. The maximum atomic E-state index is 11.5. The first-order chi connectivity index (χ1) is 13.7. The molecule has 0 saturated carbocycles. The van der Waals surface area contributed by atoms with Crippen LogP contribution in [0.25, 0.3) is 0 Å². The number of fused-ring (bicyclic) bond motifs is 1. The van der Waals surface area contributed by atoms with Crippen LogP contribution in [0.1, 0.15) is 31.7 Å². The third-order valence-corrected chi connectivity index (χ3v) is 5.85. The van der Waals surface area contributed by atoms with Crippen LogP contribution < -0.4 is 15.4 Å². The molecule has 1 spiro atoms. The summed E-state index contributed by atoms with van der Waals surface area (Å²) in [6, 6.07) is 5.85. The topological polar surface area (TPSA) is 75.2 Å². The number of aliphatic imine (C=N–C) groups is 1. The van der Waals surface area contributed by atoms with E-state index in [4.69, 9.17) is 14.5 Å². The zero-order valence-corrected chi connectivity index (χ0v) is 19.4. The number of amides is 1. The van der Waals surface area contributed by atoms with Crippen molar-refractivity contribution in [2.75, 3.05) is 51.3 Å². The average Bonchev–Trinajstić information content (AvgIpc) is 3.34. The van der Waals surface area contributed by atoms with Crippen molar-refractivity contribution in [3.8, 4) is 5.75 Å². The molecule has 3 aliphatic rings. The summed E-state index contributed by atoms with van der Waals surface area (Å²) in [7, 11) is 0. The Kier molecular flexibility index (Phi) is 7.61. The number of hydrogen-bond acceptors (Lipinski definition) is 4. The van der Waals surface area contributed by atoms with Crippen molar-refractivity contribution in [2.45, 2.75) is 32.6 Å². The molecule has 29 heavy (non-hydrogen) atoms. The SMILES string of the molecule is CCNC(=NCCOc1ccc2c(c1)CCC(=O)N2)N1CCC2(CCOC2)C1.I. The van der Waals surface area contributed by atoms with Crippen LogP contribution in [0.5, 0.6) is 5.75 Å². The van der Waals surface area contributed by atoms with Gasteiger partial charge in [0.25, 0.3) is 0 Å². The van der Waals surface area contributed by atoms with Gasteiger partial charge in [-0.15, -0.1) is 24.0 Å². The molecule has 1 aromatic carbocycles. The summed E-state index contributed by atoms with van der Waals surface area (Å²) in [6.45, 7) is 7.92. The number of aryl methyl sites for hydroxylation is 1. The maximum Gasteiger partial charge on any atom is 0.224 e. The van der Waals surface area contributed by atoms with Crippen molar-refractivity contribution < 1.29 is 14.3 Å². The number of anilines is 1. The smallest absolute Gasteiger partial charge is 0.224 e. The highest BCUT2D eigenvalue weighted by Crippen LogP contribution is 2.38. The van der Waals surface area contributed by atoms with Gasteiger partial charge in [0, 0.05) is 43.8 Å². The number of rotatable bonds is 5. The van der Waals surface area contributed by atoms with Gasteiger partial charge < -0.3 is 25.0 Å². The van der Waals surface area contributed by atoms with E-state index in [-0.39, 0.29) is 29.9 Å². The van der Waals surface area contributed by atoms with E-state index in [1.807, 2.05) is 18.2 Å². The number of carbonyl (C=O) groups excluding carboxylic acids is 1. The zero-order valence-electron chi connectivity index (χ0n) is 17.0. The molecule has 3 heterocycles. The van der Waals surface area contributed by atoms with Gasteiger partial charge in [0.1, 0.15) is 12.4 Å². The van der Waals surface area contributed by atoms with Crippen LogP contribution in [0.2, 0.25) is 0 Å². The number of ether oxygens (including phenoxy) is 2. The normalized spacial score (nSPS) is 23.6. The Labute approximate surface area is 189 Å². The van der Waals surface area contributed by atoms with Crippen molar-refractivity contribution in [3.05, 3.63) is 23.8 Å². The summed E-state index contributed by atoms with van der Waals surface area (Å²) in [6.07, 6.45) is 3.64. The standard InChI is InChI=1S/C21H30N4O3.HI/c1-2-22-20(25-10-7-21(14-25)8-11-27-15-21)23-9-12-28-17-4-5-18-16(13-17)3-6-19(26)24-18;/h4-5,13H,2-3,6-12,14-15H2,1H3,(H,22,23)(H,24,26);1H. The lowest BCUT2D eigenvalue weighted by Gasteiger charge is -2.25. The van der Waals surface area contributed by atoms with E-state index >= 15 is 0 Å². The first kappa shape index (κ1) is 22.1. The molecule has 0 aliphatic carbocycles. The summed E-state index contributed by atoms with van der Waals surface area (Å²) in [4.78, 5) is 18.6. The van der Waals surface area contributed by atoms with Crippen LogP contribution >= 0.6 is 24.0 Å². The number of benzene rings is 1. The Morgan fingerprint density at radius 3 is 3.07 bits per heavy atom. The van der Waals surface area contributed by atoms with Gasteiger partial charge in [0.2, 0.25) is 5.91 Å². The van der Waals surface area contributed by atoms with Gasteiger partial charge in [-0.05, 0) is 49.9 Å². The first-order valence-corrected chi connectivity index (χ1v) is 10.3. The number of guanidine groups is 1. The molecule has 0 radical (unpaired) electrons. The second kappa shape index (κ2) is 9.97.